The lowest BCUT2D eigenvalue weighted by Crippen LogP contribution is -2.26. The number of rotatable bonds is 5. The Morgan fingerprint density at radius 3 is 2.58 bits per heavy atom. The predicted octanol–water partition coefficient (Wildman–Crippen LogP) is 3.44. The summed E-state index contributed by atoms with van der Waals surface area (Å²) in [4.78, 5) is 15.5. The molecule has 1 N–H and O–H groups in total. The molecule has 19 heavy (non-hydrogen) atoms. The third-order valence-electron chi connectivity index (χ3n) is 3.34. The van der Waals surface area contributed by atoms with E-state index in [-0.39, 0.29) is 11.7 Å². The monoisotopic (exact) mass is 265 g/mol. The van der Waals surface area contributed by atoms with Crippen LogP contribution < -0.4 is 0 Å². The van der Waals surface area contributed by atoms with E-state index in [1.54, 1.807) is 26.0 Å². The fourth-order valence-electron chi connectivity index (χ4n) is 1.80. The molecule has 0 saturated carbocycles. The van der Waals surface area contributed by atoms with Gasteiger partial charge in [0.15, 0.2) is 0 Å². The number of aliphatic carboxylic acids is 1. The molecule has 3 nitrogen and oxygen atoms in total. The van der Waals surface area contributed by atoms with Crippen molar-refractivity contribution >= 4 is 11.7 Å². The Kier molecular flexibility index (Phi) is 5.21. The van der Waals surface area contributed by atoms with Crippen molar-refractivity contribution in [2.45, 2.75) is 40.2 Å². The Morgan fingerprint density at radius 1 is 1.47 bits per heavy atom. The van der Waals surface area contributed by atoms with Gasteiger partial charge in [0.2, 0.25) is 0 Å². The summed E-state index contributed by atoms with van der Waals surface area (Å²) in [6, 6.07) is 3.93. The summed E-state index contributed by atoms with van der Waals surface area (Å²) >= 11 is 0. The highest BCUT2D eigenvalue weighted by Crippen LogP contribution is 2.15. The molecule has 0 spiro atoms. The standard InChI is InChI=1S/C15H20FNO2/c1-5-9(2)14(15(18)19)17-11(4)12-6-7-13(16)10(3)8-12/h6-9,14H,5H2,1-4H3,(H,18,19). The van der Waals surface area contributed by atoms with E-state index in [1.165, 1.54) is 6.07 Å². The third-order valence-corrected chi connectivity index (χ3v) is 3.34. The SMILES string of the molecule is CCC(C)C(N=C(C)c1ccc(F)c(C)c1)C(=O)O. The molecule has 1 aromatic rings. The number of carbonyl (C=O) groups is 1. The van der Waals surface area contributed by atoms with E-state index < -0.39 is 12.0 Å². The van der Waals surface area contributed by atoms with Crippen molar-refractivity contribution < 1.29 is 14.3 Å². The fourth-order valence-corrected chi connectivity index (χ4v) is 1.80. The molecule has 2 atom stereocenters. The maximum Gasteiger partial charge on any atom is 0.328 e. The van der Waals surface area contributed by atoms with Gasteiger partial charge in [-0.1, -0.05) is 26.3 Å². The molecule has 0 aromatic heterocycles. The summed E-state index contributed by atoms with van der Waals surface area (Å²) in [5.74, 6) is -1.23. The number of aliphatic imine (C=N–C) groups is 1. The molecule has 0 fully saturated rings. The molecular formula is C15H20FNO2. The lowest BCUT2D eigenvalue weighted by molar-refractivity contribution is -0.139. The van der Waals surface area contributed by atoms with Gasteiger partial charge in [-0.15, -0.1) is 0 Å². The largest absolute Gasteiger partial charge is 0.480 e. The minimum atomic E-state index is -0.924. The first kappa shape index (κ1) is 15.3. The number of benzene rings is 1. The van der Waals surface area contributed by atoms with Crippen molar-refractivity contribution in [2.75, 3.05) is 0 Å². The Bertz CT molecular complexity index is 497. The van der Waals surface area contributed by atoms with Gasteiger partial charge in [0.25, 0.3) is 0 Å². The van der Waals surface area contributed by atoms with Gasteiger partial charge in [-0.25, -0.2) is 9.18 Å². The van der Waals surface area contributed by atoms with Crippen LogP contribution in [-0.2, 0) is 4.79 Å². The molecule has 0 aliphatic carbocycles. The summed E-state index contributed by atoms with van der Waals surface area (Å²) in [6.07, 6.45) is 0.746. The van der Waals surface area contributed by atoms with Gasteiger partial charge in [-0.05, 0) is 43.0 Å². The molecule has 0 bridgehead atoms. The maximum atomic E-state index is 13.2. The summed E-state index contributed by atoms with van der Waals surface area (Å²) < 4.78 is 13.2. The van der Waals surface area contributed by atoms with Crippen LogP contribution in [0, 0.1) is 18.7 Å². The van der Waals surface area contributed by atoms with E-state index >= 15 is 0 Å². The number of carboxylic acids is 1. The highest BCUT2D eigenvalue weighted by Gasteiger charge is 2.22. The Balaban J connectivity index is 3.07. The van der Waals surface area contributed by atoms with E-state index in [0.717, 1.165) is 12.0 Å². The molecule has 104 valence electrons. The molecule has 0 radical (unpaired) electrons. The number of carboxylic acid groups (broad SMARTS) is 1. The van der Waals surface area contributed by atoms with Gasteiger partial charge >= 0.3 is 5.97 Å². The smallest absolute Gasteiger partial charge is 0.328 e. The summed E-state index contributed by atoms with van der Waals surface area (Å²) in [5, 5.41) is 9.20. The second kappa shape index (κ2) is 6.45. The highest BCUT2D eigenvalue weighted by atomic mass is 19.1. The summed E-state index contributed by atoms with van der Waals surface area (Å²) in [7, 11) is 0. The van der Waals surface area contributed by atoms with E-state index in [4.69, 9.17) is 0 Å². The van der Waals surface area contributed by atoms with E-state index in [1.807, 2.05) is 13.8 Å². The topological polar surface area (TPSA) is 49.7 Å². The van der Waals surface area contributed by atoms with Crippen LogP contribution in [0.25, 0.3) is 0 Å². The molecule has 0 saturated heterocycles. The Hall–Kier alpha value is -1.71. The quantitative estimate of drug-likeness (QED) is 0.829. The van der Waals surface area contributed by atoms with Gasteiger partial charge in [-0.2, -0.15) is 0 Å². The van der Waals surface area contributed by atoms with Crippen LogP contribution in [0.1, 0.15) is 38.3 Å². The van der Waals surface area contributed by atoms with Crippen molar-refractivity contribution in [2.24, 2.45) is 10.9 Å². The van der Waals surface area contributed by atoms with Gasteiger partial charge in [-0.3, -0.25) is 4.99 Å². The number of nitrogens with zero attached hydrogens (tertiary/aromatic N) is 1. The fraction of sp³-hybridized carbons (Fsp3) is 0.467. The van der Waals surface area contributed by atoms with Crippen LogP contribution in [0.15, 0.2) is 23.2 Å². The molecule has 2 unspecified atom stereocenters. The van der Waals surface area contributed by atoms with Crippen molar-refractivity contribution in [3.05, 3.63) is 35.1 Å². The van der Waals surface area contributed by atoms with Crippen LogP contribution in [0.4, 0.5) is 4.39 Å². The van der Waals surface area contributed by atoms with Crippen molar-refractivity contribution in [3.63, 3.8) is 0 Å². The second-order valence-corrected chi connectivity index (χ2v) is 4.85. The number of hydrogen-bond donors (Lipinski definition) is 1. The minimum Gasteiger partial charge on any atom is -0.480 e. The molecule has 1 aromatic carbocycles. The van der Waals surface area contributed by atoms with Gasteiger partial charge in [0.1, 0.15) is 11.9 Å². The number of halogens is 1. The average molecular weight is 265 g/mol. The number of aryl methyl sites for hydroxylation is 1. The number of hydrogen-bond acceptors (Lipinski definition) is 2. The van der Waals surface area contributed by atoms with Crippen molar-refractivity contribution in [1.29, 1.82) is 0 Å². The third kappa shape index (κ3) is 3.88. The summed E-state index contributed by atoms with van der Waals surface area (Å²) in [5.41, 5.74) is 1.91. The first-order valence-electron chi connectivity index (χ1n) is 6.40. The van der Waals surface area contributed by atoms with Gasteiger partial charge in [0.05, 0.1) is 0 Å². The first-order chi connectivity index (χ1) is 8.86. The zero-order valence-corrected chi connectivity index (χ0v) is 11.8. The second-order valence-electron chi connectivity index (χ2n) is 4.85. The lowest BCUT2D eigenvalue weighted by atomic mass is 9.99. The zero-order chi connectivity index (χ0) is 14.6. The molecule has 0 amide bonds. The first-order valence-corrected chi connectivity index (χ1v) is 6.40. The molecule has 0 heterocycles. The van der Waals surface area contributed by atoms with E-state index in [9.17, 15) is 14.3 Å². The normalized spacial score (nSPS) is 15.1. The van der Waals surface area contributed by atoms with E-state index in [0.29, 0.717) is 11.3 Å². The van der Waals surface area contributed by atoms with Crippen LogP contribution in [0.3, 0.4) is 0 Å². The zero-order valence-electron chi connectivity index (χ0n) is 11.8. The van der Waals surface area contributed by atoms with Crippen molar-refractivity contribution in [1.82, 2.24) is 0 Å². The predicted molar refractivity (Wildman–Crippen MR) is 74.2 cm³/mol. The molecular weight excluding hydrogens is 245 g/mol. The molecule has 0 aliphatic rings. The summed E-state index contributed by atoms with van der Waals surface area (Å²) in [6.45, 7) is 7.24. The van der Waals surface area contributed by atoms with Crippen LogP contribution in [0.2, 0.25) is 0 Å². The van der Waals surface area contributed by atoms with Crippen molar-refractivity contribution in [3.8, 4) is 0 Å². The van der Waals surface area contributed by atoms with Crippen LogP contribution >= 0.6 is 0 Å². The van der Waals surface area contributed by atoms with Crippen LogP contribution in [-0.4, -0.2) is 22.8 Å². The molecule has 0 aliphatic heterocycles. The molecule has 1 rings (SSSR count). The highest BCUT2D eigenvalue weighted by molar-refractivity contribution is 6.00. The van der Waals surface area contributed by atoms with E-state index in [2.05, 4.69) is 4.99 Å². The lowest BCUT2D eigenvalue weighted by Gasteiger charge is -2.15. The van der Waals surface area contributed by atoms with Crippen LogP contribution in [0.5, 0.6) is 0 Å². The van der Waals surface area contributed by atoms with Gasteiger partial charge < -0.3 is 5.11 Å². The molecule has 4 heteroatoms. The maximum absolute atomic E-state index is 13.2. The van der Waals surface area contributed by atoms with Gasteiger partial charge in [0, 0.05) is 5.71 Å². The Labute approximate surface area is 113 Å². The minimum absolute atomic E-state index is 0.0333. The Morgan fingerprint density at radius 2 is 2.11 bits per heavy atom. The average Bonchev–Trinajstić information content (AvgIpc) is 2.37.